The normalized spacial score (nSPS) is 15.6. The zero-order chi connectivity index (χ0) is 17.5. The second kappa shape index (κ2) is 5.70. The summed E-state index contributed by atoms with van der Waals surface area (Å²) < 4.78 is 11.1. The highest BCUT2D eigenvalue weighted by molar-refractivity contribution is 6.13. The van der Waals surface area contributed by atoms with Crippen LogP contribution in [-0.2, 0) is 9.53 Å². The molecule has 4 aromatic rings. The van der Waals surface area contributed by atoms with E-state index in [0.29, 0.717) is 5.90 Å². The monoisotopic (exact) mass is 339 g/mol. The van der Waals surface area contributed by atoms with Crippen molar-refractivity contribution in [2.24, 2.45) is 4.99 Å². The van der Waals surface area contributed by atoms with Crippen molar-refractivity contribution in [3.63, 3.8) is 0 Å². The number of fused-ring (bicyclic) bond motifs is 3. The largest absolute Gasteiger partial charge is 0.456 e. The Bertz CT molecular complexity index is 1220. The van der Waals surface area contributed by atoms with Crippen molar-refractivity contribution >= 4 is 39.9 Å². The maximum atomic E-state index is 12.2. The first kappa shape index (κ1) is 14.7. The molecule has 0 fully saturated rings. The molecule has 0 unspecified atom stereocenters. The molecule has 0 amide bonds. The Balaban J connectivity index is 1.58. The summed E-state index contributed by atoms with van der Waals surface area (Å²) in [4.78, 5) is 16.5. The number of carbonyl (C=O) groups is 1. The first-order valence-electron chi connectivity index (χ1n) is 8.27. The van der Waals surface area contributed by atoms with Crippen LogP contribution < -0.4 is 0 Å². The molecule has 1 aliphatic heterocycles. The first-order valence-corrected chi connectivity index (χ1v) is 8.27. The van der Waals surface area contributed by atoms with Gasteiger partial charge in [-0.15, -0.1) is 0 Å². The van der Waals surface area contributed by atoms with Gasteiger partial charge in [0.2, 0.25) is 5.90 Å². The molecule has 2 heterocycles. The Morgan fingerprint density at radius 2 is 1.58 bits per heavy atom. The number of nitrogens with zero attached hydrogens (tertiary/aromatic N) is 1. The predicted octanol–water partition coefficient (Wildman–Crippen LogP) is 4.93. The summed E-state index contributed by atoms with van der Waals surface area (Å²) in [6, 6.07) is 23.1. The summed E-state index contributed by atoms with van der Waals surface area (Å²) in [7, 11) is 0. The summed E-state index contributed by atoms with van der Waals surface area (Å²) in [6.45, 7) is 0. The Morgan fingerprint density at radius 1 is 0.808 bits per heavy atom. The molecule has 0 spiro atoms. The molecule has 26 heavy (non-hydrogen) atoms. The van der Waals surface area contributed by atoms with E-state index in [4.69, 9.17) is 9.15 Å². The molecule has 1 aliphatic rings. The van der Waals surface area contributed by atoms with Gasteiger partial charge in [-0.25, -0.2) is 9.79 Å². The van der Waals surface area contributed by atoms with E-state index in [1.165, 1.54) is 0 Å². The lowest BCUT2D eigenvalue weighted by molar-refractivity contribution is -0.129. The van der Waals surface area contributed by atoms with E-state index in [1.54, 1.807) is 6.08 Å². The number of rotatable bonds is 2. The van der Waals surface area contributed by atoms with Gasteiger partial charge in [0.15, 0.2) is 5.70 Å². The predicted molar refractivity (Wildman–Crippen MR) is 101 cm³/mol. The second-order valence-corrected chi connectivity index (χ2v) is 6.06. The molecule has 0 saturated heterocycles. The smallest absolute Gasteiger partial charge is 0.363 e. The summed E-state index contributed by atoms with van der Waals surface area (Å²) in [5.41, 5.74) is 3.60. The third kappa shape index (κ3) is 2.40. The van der Waals surface area contributed by atoms with E-state index >= 15 is 0 Å². The third-order valence-corrected chi connectivity index (χ3v) is 4.35. The van der Waals surface area contributed by atoms with Crippen LogP contribution in [-0.4, -0.2) is 11.9 Å². The highest BCUT2D eigenvalue weighted by atomic mass is 16.6. The lowest BCUT2D eigenvalue weighted by atomic mass is 10.1. The van der Waals surface area contributed by atoms with Crippen molar-refractivity contribution in [2.45, 2.75) is 0 Å². The van der Waals surface area contributed by atoms with Gasteiger partial charge in [0.1, 0.15) is 11.2 Å². The molecular weight excluding hydrogens is 326 g/mol. The number of esters is 1. The minimum absolute atomic E-state index is 0.288. The summed E-state index contributed by atoms with van der Waals surface area (Å²) in [5.74, 6) is -0.113. The van der Waals surface area contributed by atoms with E-state index in [9.17, 15) is 4.79 Å². The maximum Gasteiger partial charge on any atom is 0.363 e. The van der Waals surface area contributed by atoms with Gasteiger partial charge < -0.3 is 9.15 Å². The van der Waals surface area contributed by atoms with Gasteiger partial charge in [-0.2, -0.15) is 0 Å². The van der Waals surface area contributed by atoms with Crippen LogP contribution in [0.25, 0.3) is 28.0 Å². The van der Waals surface area contributed by atoms with Gasteiger partial charge in [-0.1, -0.05) is 42.5 Å². The van der Waals surface area contributed by atoms with Crippen LogP contribution in [0.15, 0.2) is 87.9 Å². The molecule has 0 N–H and O–H groups in total. The van der Waals surface area contributed by atoms with Crippen molar-refractivity contribution in [2.75, 3.05) is 0 Å². The molecule has 0 atom stereocenters. The van der Waals surface area contributed by atoms with Crippen LogP contribution in [0.3, 0.4) is 0 Å². The molecule has 1 aromatic heterocycles. The fourth-order valence-corrected chi connectivity index (χ4v) is 3.10. The highest BCUT2D eigenvalue weighted by Crippen LogP contribution is 2.30. The average molecular weight is 339 g/mol. The Labute approximate surface area is 149 Å². The van der Waals surface area contributed by atoms with Crippen LogP contribution in [0.4, 0.5) is 0 Å². The van der Waals surface area contributed by atoms with Gasteiger partial charge >= 0.3 is 5.97 Å². The summed E-state index contributed by atoms with van der Waals surface area (Å²) >= 11 is 0. The summed E-state index contributed by atoms with van der Waals surface area (Å²) in [5, 5.41) is 2.05. The number of furan rings is 1. The average Bonchev–Trinajstić information content (AvgIpc) is 3.23. The first-order chi connectivity index (χ1) is 12.8. The molecule has 0 saturated carbocycles. The minimum Gasteiger partial charge on any atom is -0.456 e. The molecule has 5 rings (SSSR count). The van der Waals surface area contributed by atoms with Crippen molar-refractivity contribution in [1.29, 1.82) is 0 Å². The van der Waals surface area contributed by atoms with Gasteiger partial charge in [-0.3, -0.25) is 0 Å². The molecule has 0 radical (unpaired) electrons. The minimum atomic E-state index is -0.444. The Morgan fingerprint density at radius 3 is 2.46 bits per heavy atom. The number of ether oxygens (including phenoxy) is 1. The number of carbonyl (C=O) groups excluding carboxylic acids is 1. The van der Waals surface area contributed by atoms with E-state index in [1.807, 2.05) is 72.8 Å². The SMILES string of the molecule is O=C1OC(c2ccccc2)=N/C1=C/c1ccc2oc3ccccc3c2c1. The molecule has 0 bridgehead atoms. The van der Waals surface area contributed by atoms with Crippen molar-refractivity contribution < 1.29 is 13.9 Å². The van der Waals surface area contributed by atoms with Crippen molar-refractivity contribution in [3.8, 4) is 0 Å². The standard InChI is InChI=1S/C22H13NO3/c24-22-18(23-21(26-22)15-6-2-1-3-7-15)13-14-10-11-20-17(12-14)16-8-4-5-9-19(16)25-20/h1-13H/b18-13+. The molecule has 4 nitrogen and oxygen atoms in total. The van der Waals surface area contributed by atoms with E-state index < -0.39 is 5.97 Å². The van der Waals surface area contributed by atoms with Crippen LogP contribution in [0.1, 0.15) is 11.1 Å². The van der Waals surface area contributed by atoms with Gasteiger partial charge in [0.05, 0.1) is 0 Å². The molecule has 124 valence electrons. The van der Waals surface area contributed by atoms with Gasteiger partial charge in [0, 0.05) is 16.3 Å². The Hall–Kier alpha value is -3.66. The van der Waals surface area contributed by atoms with Crippen LogP contribution >= 0.6 is 0 Å². The highest BCUT2D eigenvalue weighted by Gasteiger charge is 2.24. The van der Waals surface area contributed by atoms with Gasteiger partial charge in [0.25, 0.3) is 0 Å². The zero-order valence-electron chi connectivity index (χ0n) is 13.7. The Kier molecular flexibility index (Phi) is 3.22. The lowest BCUT2D eigenvalue weighted by Gasteiger charge is -1.97. The lowest BCUT2D eigenvalue weighted by Crippen LogP contribution is -2.04. The fourth-order valence-electron chi connectivity index (χ4n) is 3.10. The number of hydrogen-bond donors (Lipinski definition) is 0. The van der Waals surface area contributed by atoms with E-state index in [-0.39, 0.29) is 5.70 Å². The number of benzene rings is 3. The molecule has 4 heteroatoms. The summed E-state index contributed by atoms with van der Waals surface area (Å²) in [6.07, 6.45) is 1.74. The van der Waals surface area contributed by atoms with Crippen LogP contribution in [0, 0.1) is 0 Å². The molecule has 0 aliphatic carbocycles. The zero-order valence-corrected chi connectivity index (χ0v) is 13.7. The fraction of sp³-hybridized carbons (Fsp3) is 0. The number of para-hydroxylation sites is 1. The quantitative estimate of drug-likeness (QED) is 0.384. The van der Waals surface area contributed by atoms with E-state index in [2.05, 4.69) is 4.99 Å². The number of cyclic esters (lactones) is 1. The maximum absolute atomic E-state index is 12.2. The topological polar surface area (TPSA) is 51.8 Å². The number of aliphatic imine (C=N–C) groups is 1. The third-order valence-electron chi connectivity index (χ3n) is 4.35. The van der Waals surface area contributed by atoms with Crippen LogP contribution in [0.2, 0.25) is 0 Å². The van der Waals surface area contributed by atoms with Gasteiger partial charge in [-0.05, 0) is 42.0 Å². The van der Waals surface area contributed by atoms with Crippen molar-refractivity contribution in [3.05, 3.63) is 89.6 Å². The molecular formula is C22H13NO3. The van der Waals surface area contributed by atoms with Crippen LogP contribution in [0.5, 0.6) is 0 Å². The van der Waals surface area contributed by atoms with Crippen molar-refractivity contribution in [1.82, 2.24) is 0 Å². The second-order valence-electron chi connectivity index (χ2n) is 6.06. The molecule has 3 aromatic carbocycles. The van der Waals surface area contributed by atoms with E-state index in [0.717, 1.165) is 33.1 Å². The number of hydrogen-bond acceptors (Lipinski definition) is 4.